The molecule has 206 valence electrons. The summed E-state index contributed by atoms with van der Waals surface area (Å²) in [6, 6.07) is 0. The standard InChI is InChI=1S/C24H47N4OP.ClHO4/c1-7-26(8-2)30(27(9-3)10-4,28(11-5)12-6)19-25-23(29)24-16-20-13-21(17-24)15-22(14-20)18-24;2-1(3,4)5/h20-22H,7-19H2,1-6H3;(H,2,3,4,5). The summed E-state index contributed by atoms with van der Waals surface area (Å²) >= 11 is 0. The summed E-state index contributed by atoms with van der Waals surface area (Å²) in [5.74, 6) is 2.83. The van der Waals surface area contributed by atoms with E-state index < -0.39 is 18.0 Å². The lowest BCUT2D eigenvalue weighted by molar-refractivity contribution is -2.00. The first-order valence-electron chi connectivity index (χ1n) is 13.5. The van der Waals surface area contributed by atoms with Crippen molar-refractivity contribution in [1.29, 1.82) is 0 Å². The Morgan fingerprint density at radius 1 is 0.743 bits per heavy atom. The number of hydrogen-bond acceptors (Lipinski definition) is 8. The van der Waals surface area contributed by atoms with Gasteiger partial charge in [0.05, 0.1) is 5.41 Å². The molecular formula is C24H48ClN4O5P. The molecule has 4 bridgehead atoms. The molecule has 4 saturated carbocycles. The van der Waals surface area contributed by atoms with E-state index in [9.17, 15) is 4.79 Å². The summed E-state index contributed by atoms with van der Waals surface area (Å²) in [5, 5.41) is 3.61. The van der Waals surface area contributed by atoms with E-state index in [4.69, 9.17) is 18.6 Å². The maximum Gasteiger partial charge on any atom is 0.247 e. The Labute approximate surface area is 215 Å². The van der Waals surface area contributed by atoms with Crippen LogP contribution >= 0.6 is 7.71 Å². The second-order valence-corrected chi connectivity index (χ2v) is 14.5. The summed E-state index contributed by atoms with van der Waals surface area (Å²) in [6.45, 7) is 19.9. The minimum atomic E-state index is -4.94. The summed E-state index contributed by atoms with van der Waals surface area (Å²) in [6.07, 6.45) is 8.43. The smallest absolute Gasteiger partial charge is 0.247 e. The zero-order valence-corrected chi connectivity index (χ0v) is 24.3. The highest BCUT2D eigenvalue weighted by Crippen LogP contribution is 2.67. The van der Waals surface area contributed by atoms with Crippen LogP contribution in [0.5, 0.6) is 0 Å². The van der Waals surface area contributed by atoms with Crippen LogP contribution in [0.25, 0.3) is 0 Å². The van der Waals surface area contributed by atoms with Crippen LogP contribution in [0.4, 0.5) is 0 Å². The Bertz CT molecular complexity index is 596. The Hall–Kier alpha value is -0.0900. The third kappa shape index (κ3) is 7.27. The van der Waals surface area contributed by atoms with Crippen LogP contribution in [0.2, 0.25) is 0 Å². The highest BCUT2D eigenvalue weighted by molar-refractivity contribution is 7.69. The summed E-state index contributed by atoms with van der Waals surface area (Å²) < 4.78 is 42.0. The molecule has 0 radical (unpaired) electrons. The van der Waals surface area contributed by atoms with Crippen molar-refractivity contribution >= 4 is 13.6 Å². The largest absolute Gasteiger partial charge is 0.319 e. The third-order valence-corrected chi connectivity index (χ3v) is 13.5. The Morgan fingerprint density at radius 3 is 1.29 bits per heavy atom. The van der Waals surface area contributed by atoms with E-state index in [1.165, 1.54) is 19.3 Å². The molecule has 0 aromatic heterocycles. The number of nitrogens with zero attached hydrogens (tertiary/aromatic N) is 3. The van der Waals surface area contributed by atoms with Gasteiger partial charge in [-0.2, -0.15) is 0 Å². The summed E-state index contributed by atoms with van der Waals surface area (Å²) in [4.78, 5) is 13.8. The van der Waals surface area contributed by atoms with Crippen molar-refractivity contribution in [2.75, 3.05) is 45.6 Å². The fraction of sp³-hybridized carbons (Fsp3) is 0.958. The number of hydrogen-bond donors (Lipinski definition) is 1. The summed E-state index contributed by atoms with van der Waals surface area (Å²) in [5.41, 5.74) is -0.0554. The van der Waals surface area contributed by atoms with Gasteiger partial charge in [0.1, 0.15) is 0 Å². The normalized spacial score (nSPS) is 28.0. The van der Waals surface area contributed by atoms with Crippen LogP contribution in [0.15, 0.2) is 0 Å². The van der Waals surface area contributed by atoms with E-state index in [2.05, 4.69) is 60.9 Å². The molecule has 4 aliphatic rings. The maximum absolute atomic E-state index is 13.8. The second kappa shape index (κ2) is 13.1. The van der Waals surface area contributed by atoms with Crippen molar-refractivity contribution < 1.29 is 33.7 Å². The molecule has 35 heavy (non-hydrogen) atoms. The Kier molecular flexibility index (Phi) is 11.7. The number of halogens is 1. The van der Waals surface area contributed by atoms with Crippen molar-refractivity contribution in [2.24, 2.45) is 23.2 Å². The zero-order valence-electron chi connectivity index (χ0n) is 22.6. The molecule has 4 rings (SSSR count). The van der Waals surface area contributed by atoms with Crippen LogP contribution in [0, 0.1) is 33.4 Å². The van der Waals surface area contributed by atoms with Crippen molar-refractivity contribution in [1.82, 2.24) is 19.3 Å². The van der Waals surface area contributed by atoms with E-state index in [1.807, 2.05) is 0 Å². The molecule has 1 N–H and O–H groups in total. The molecule has 4 fully saturated rings. The van der Waals surface area contributed by atoms with Gasteiger partial charge in [-0.3, -0.25) is 4.79 Å². The average molecular weight is 539 g/mol. The van der Waals surface area contributed by atoms with Crippen LogP contribution < -0.4 is 24.0 Å². The van der Waals surface area contributed by atoms with E-state index >= 15 is 0 Å². The number of carbonyl (C=O) groups is 1. The molecule has 0 aromatic rings. The molecule has 0 saturated heterocycles. The number of rotatable bonds is 12. The van der Waals surface area contributed by atoms with E-state index in [0.717, 1.165) is 82.6 Å². The zero-order chi connectivity index (χ0) is 26.4. The highest BCUT2D eigenvalue weighted by Gasteiger charge is 2.57. The van der Waals surface area contributed by atoms with Gasteiger partial charge in [0.15, 0.2) is 6.29 Å². The van der Waals surface area contributed by atoms with Crippen LogP contribution in [-0.2, 0) is 4.79 Å². The SMILES string of the molecule is CCN(CC)[P+](CNC(=O)C12CC3CC(CC(C3)C1)C2)(N(CC)CC)N(CC)CC.[O-][Cl+3]([O-])([O-])[O-]. The molecule has 1 amide bonds. The monoisotopic (exact) mass is 538 g/mol. The quantitative estimate of drug-likeness (QED) is 0.351. The predicted octanol–water partition coefficient (Wildman–Crippen LogP) is 0.309. The summed E-state index contributed by atoms with van der Waals surface area (Å²) in [7, 11) is -6.75. The number of nitrogens with one attached hydrogen (secondary N) is 1. The molecule has 9 nitrogen and oxygen atoms in total. The van der Waals surface area contributed by atoms with Gasteiger partial charge in [0.25, 0.3) is 0 Å². The molecular weight excluding hydrogens is 491 g/mol. The maximum atomic E-state index is 13.8. The molecule has 0 atom stereocenters. The van der Waals surface area contributed by atoms with Gasteiger partial charge in [0.2, 0.25) is 13.6 Å². The number of carbonyl (C=O) groups excluding carboxylic acids is 1. The van der Waals surface area contributed by atoms with Gasteiger partial charge < -0.3 is 5.32 Å². The van der Waals surface area contributed by atoms with E-state index in [-0.39, 0.29) is 5.41 Å². The second-order valence-electron chi connectivity index (χ2n) is 10.3. The molecule has 0 aromatic carbocycles. The lowest BCUT2D eigenvalue weighted by atomic mass is 9.49. The van der Waals surface area contributed by atoms with Crippen molar-refractivity contribution in [2.45, 2.75) is 80.1 Å². The fourth-order valence-electron chi connectivity index (χ4n) is 7.62. The van der Waals surface area contributed by atoms with Crippen molar-refractivity contribution in [3.8, 4) is 0 Å². The van der Waals surface area contributed by atoms with Crippen LogP contribution in [0.1, 0.15) is 80.1 Å². The van der Waals surface area contributed by atoms with Crippen molar-refractivity contribution in [3.05, 3.63) is 0 Å². The van der Waals surface area contributed by atoms with Gasteiger partial charge in [-0.1, -0.05) is 0 Å². The first-order valence-corrected chi connectivity index (χ1v) is 16.5. The lowest BCUT2D eigenvalue weighted by Gasteiger charge is -2.55. The van der Waals surface area contributed by atoms with Gasteiger partial charge in [-0.15, -0.1) is 24.3 Å². The molecule has 0 spiro atoms. The molecule has 0 unspecified atom stereocenters. The third-order valence-electron chi connectivity index (χ3n) is 8.52. The highest BCUT2D eigenvalue weighted by atomic mass is 35.7. The fourth-order valence-corrected chi connectivity index (χ4v) is 12.4. The Balaban J connectivity index is 0.000000784. The molecule has 0 aliphatic heterocycles. The van der Waals surface area contributed by atoms with Gasteiger partial charge >= 0.3 is 0 Å². The van der Waals surface area contributed by atoms with Gasteiger partial charge in [-0.25, -0.2) is 18.6 Å². The molecule has 11 heteroatoms. The number of amides is 1. The van der Waals surface area contributed by atoms with Gasteiger partial charge in [-0.05, 0) is 97.8 Å². The Morgan fingerprint density at radius 2 is 1.03 bits per heavy atom. The minimum Gasteiger partial charge on any atom is -0.319 e. The molecule has 4 aliphatic carbocycles. The van der Waals surface area contributed by atoms with Gasteiger partial charge in [0, 0.05) is 39.3 Å². The van der Waals surface area contributed by atoms with Crippen LogP contribution in [0.3, 0.4) is 0 Å². The first-order chi connectivity index (χ1) is 16.4. The van der Waals surface area contributed by atoms with E-state index in [0.29, 0.717) is 5.91 Å². The van der Waals surface area contributed by atoms with E-state index in [1.54, 1.807) is 0 Å². The first kappa shape index (κ1) is 31.1. The topological polar surface area (TPSA) is 131 Å². The lowest BCUT2D eigenvalue weighted by Crippen LogP contribution is -2.68. The van der Waals surface area contributed by atoms with Crippen LogP contribution in [-0.4, -0.2) is 65.5 Å². The minimum absolute atomic E-state index is 0.0554. The molecule has 0 heterocycles. The predicted molar refractivity (Wildman–Crippen MR) is 129 cm³/mol. The van der Waals surface area contributed by atoms with Crippen molar-refractivity contribution in [3.63, 3.8) is 0 Å². The average Bonchev–Trinajstić information content (AvgIpc) is 2.77.